The second kappa shape index (κ2) is 5.15. The van der Waals surface area contributed by atoms with Gasteiger partial charge in [0.2, 0.25) is 0 Å². The van der Waals surface area contributed by atoms with Gasteiger partial charge in [-0.05, 0) is 35.4 Å². The maximum absolute atomic E-state index is 10.8. The lowest BCUT2D eigenvalue weighted by molar-refractivity contribution is -0.131. The Morgan fingerprint density at radius 2 is 1.76 bits per heavy atom. The van der Waals surface area contributed by atoms with Crippen molar-refractivity contribution in [3.63, 3.8) is 0 Å². The second-order valence-electron chi connectivity index (χ2n) is 3.63. The van der Waals surface area contributed by atoms with Crippen LogP contribution in [0.3, 0.4) is 0 Å². The minimum Gasteiger partial charge on any atom is -0.427 e. The van der Waals surface area contributed by atoms with Gasteiger partial charge in [0.15, 0.2) is 0 Å². The van der Waals surface area contributed by atoms with E-state index in [1.807, 2.05) is 36.4 Å². The van der Waals surface area contributed by atoms with Crippen molar-refractivity contribution < 1.29 is 9.53 Å². The highest BCUT2D eigenvalue weighted by Crippen LogP contribution is 2.24. The molecule has 0 amide bonds. The van der Waals surface area contributed by atoms with Crippen molar-refractivity contribution in [3.8, 4) is 16.9 Å². The predicted octanol–water partition coefficient (Wildman–Crippen LogP) is 4.04. The normalized spacial score (nSPS) is 10.0. The maximum Gasteiger partial charge on any atom is 0.308 e. The molecule has 0 fully saturated rings. The van der Waals surface area contributed by atoms with Crippen LogP contribution in [0.25, 0.3) is 11.1 Å². The van der Waals surface area contributed by atoms with Crippen LogP contribution in [0.4, 0.5) is 0 Å². The Morgan fingerprint density at radius 1 is 1.06 bits per heavy atom. The van der Waals surface area contributed by atoms with Crippen LogP contribution in [0.15, 0.2) is 53.0 Å². The molecule has 0 aromatic heterocycles. The Kier molecular flexibility index (Phi) is 3.59. The van der Waals surface area contributed by atoms with Gasteiger partial charge in [0.25, 0.3) is 0 Å². The van der Waals surface area contributed by atoms with Gasteiger partial charge in [-0.15, -0.1) is 0 Å². The Balaban J connectivity index is 2.26. The number of benzene rings is 2. The molecule has 0 aliphatic rings. The molecule has 0 heterocycles. The number of rotatable bonds is 2. The quantitative estimate of drug-likeness (QED) is 0.616. The summed E-state index contributed by atoms with van der Waals surface area (Å²) < 4.78 is 6.02. The average molecular weight is 291 g/mol. The highest BCUT2D eigenvalue weighted by atomic mass is 79.9. The van der Waals surface area contributed by atoms with Crippen molar-refractivity contribution in [3.05, 3.63) is 53.0 Å². The van der Waals surface area contributed by atoms with E-state index in [0.717, 1.165) is 15.6 Å². The third-order valence-electron chi connectivity index (χ3n) is 2.27. The molecule has 0 aliphatic carbocycles. The molecule has 3 heteroatoms. The van der Waals surface area contributed by atoms with Gasteiger partial charge in [-0.25, -0.2) is 0 Å². The first-order chi connectivity index (χ1) is 8.15. The molecule has 2 rings (SSSR count). The third-order valence-corrected chi connectivity index (χ3v) is 2.77. The molecule has 17 heavy (non-hydrogen) atoms. The van der Waals surface area contributed by atoms with Crippen molar-refractivity contribution >= 4 is 21.9 Å². The topological polar surface area (TPSA) is 26.3 Å². The van der Waals surface area contributed by atoms with Gasteiger partial charge in [0, 0.05) is 11.4 Å². The second-order valence-corrected chi connectivity index (χ2v) is 4.54. The molecule has 0 bridgehead atoms. The Morgan fingerprint density at radius 3 is 2.35 bits per heavy atom. The van der Waals surface area contributed by atoms with Crippen molar-refractivity contribution in [1.29, 1.82) is 0 Å². The molecule has 0 saturated carbocycles. The summed E-state index contributed by atoms with van der Waals surface area (Å²) in [5.41, 5.74) is 2.20. The Bertz CT molecular complexity index is 532. The molecule has 0 saturated heterocycles. The molecule has 0 unspecified atom stereocenters. The first kappa shape index (κ1) is 11.9. The lowest BCUT2D eigenvalue weighted by Crippen LogP contribution is -2.00. The van der Waals surface area contributed by atoms with E-state index in [1.165, 1.54) is 6.92 Å². The summed E-state index contributed by atoms with van der Waals surface area (Å²) in [5.74, 6) is 0.261. The van der Waals surface area contributed by atoms with E-state index in [1.54, 1.807) is 12.1 Å². The minimum absolute atomic E-state index is 0.305. The molecule has 0 spiro atoms. The lowest BCUT2D eigenvalue weighted by atomic mass is 10.1. The van der Waals surface area contributed by atoms with Crippen LogP contribution in [-0.2, 0) is 4.79 Å². The zero-order chi connectivity index (χ0) is 12.3. The van der Waals surface area contributed by atoms with Gasteiger partial charge in [0.05, 0.1) is 0 Å². The van der Waals surface area contributed by atoms with Crippen LogP contribution in [0.2, 0.25) is 0 Å². The molecule has 2 aromatic rings. The van der Waals surface area contributed by atoms with Gasteiger partial charge in [-0.3, -0.25) is 4.79 Å². The van der Waals surface area contributed by atoms with Crippen LogP contribution >= 0.6 is 15.9 Å². The van der Waals surface area contributed by atoms with E-state index < -0.39 is 0 Å². The monoisotopic (exact) mass is 290 g/mol. The lowest BCUT2D eigenvalue weighted by Gasteiger charge is -2.04. The predicted molar refractivity (Wildman–Crippen MR) is 70.9 cm³/mol. The number of carbonyl (C=O) groups is 1. The molecule has 0 N–H and O–H groups in total. The van der Waals surface area contributed by atoms with Crippen molar-refractivity contribution in [2.75, 3.05) is 0 Å². The maximum atomic E-state index is 10.8. The van der Waals surface area contributed by atoms with Gasteiger partial charge >= 0.3 is 5.97 Å². The van der Waals surface area contributed by atoms with E-state index in [9.17, 15) is 4.79 Å². The van der Waals surface area contributed by atoms with Gasteiger partial charge in [-0.2, -0.15) is 0 Å². The fourth-order valence-corrected chi connectivity index (χ4v) is 1.95. The van der Waals surface area contributed by atoms with Gasteiger partial charge < -0.3 is 4.74 Å². The van der Waals surface area contributed by atoms with E-state index in [0.29, 0.717) is 5.75 Å². The Labute approximate surface area is 108 Å². The molecular weight excluding hydrogens is 280 g/mol. The SMILES string of the molecule is CC(=O)Oc1ccc(-c2cccc(Br)c2)cc1. The largest absolute Gasteiger partial charge is 0.427 e. The number of hydrogen-bond donors (Lipinski definition) is 0. The highest BCUT2D eigenvalue weighted by Gasteiger charge is 2.00. The first-order valence-corrected chi connectivity index (χ1v) is 5.99. The molecule has 86 valence electrons. The van der Waals surface area contributed by atoms with Crippen LogP contribution < -0.4 is 4.74 Å². The number of hydrogen-bond acceptors (Lipinski definition) is 2. The van der Waals surface area contributed by atoms with Crippen LogP contribution in [0, 0.1) is 0 Å². The average Bonchev–Trinajstić information content (AvgIpc) is 2.29. The zero-order valence-corrected chi connectivity index (χ0v) is 10.9. The highest BCUT2D eigenvalue weighted by molar-refractivity contribution is 9.10. The molecule has 2 aromatic carbocycles. The zero-order valence-electron chi connectivity index (χ0n) is 9.31. The molecule has 0 radical (unpaired) electrons. The van der Waals surface area contributed by atoms with Crippen molar-refractivity contribution in [1.82, 2.24) is 0 Å². The third kappa shape index (κ3) is 3.17. The molecular formula is C14H11BrO2. The fraction of sp³-hybridized carbons (Fsp3) is 0.0714. The van der Waals surface area contributed by atoms with E-state index in [-0.39, 0.29) is 5.97 Å². The minimum atomic E-state index is -0.305. The standard InChI is InChI=1S/C14H11BrO2/c1-10(16)17-14-7-5-11(6-8-14)12-3-2-4-13(15)9-12/h2-9H,1H3. The smallest absolute Gasteiger partial charge is 0.308 e. The van der Waals surface area contributed by atoms with Crippen LogP contribution in [0.1, 0.15) is 6.92 Å². The fourth-order valence-electron chi connectivity index (χ4n) is 1.55. The van der Waals surface area contributed by atoms with Gasteiger partial charge in [-0.1, -0.05) is 40.2 Å². The molecule has 0 aliphatic heterocycles. The summed E-state index contributed by atoms with van der Waals surface area (Å²) in [6.45, 7) is 1.39. The summed E-state index contributed by atoms with van der Waals surface area (Å²) in [6.07, 6.45) is 0. The van der Waals surface area contributed by atoms with Gasteiger partial charge in [0.1, 0.15) is 5.75 Å². The number of esters is 1. The Hall–Kier alpha value is -1.61. The first-order valence-electron chi connectivity index (χ1n) is 5.19. The number of ether oxygens (including phenoxy) is 1. The molecule has 0 atom stereocenters. The van der Waals surface area contributed by atoms with Crippen molar-refractivity contribution in [2.45, 2.75) is 6.92 Å². The number of carbonyl (C=O) groups excluding carboxylic acids is 1. The van der Waals surface area contributed by atoms with E-state index in [2.05, 4.69) is 15.9 Å². The summed E-state index contributed by atoms with van der Waals surface area (Å²) in [6, 6.07) is 15.5. The van der Waals surface area contributed by atoms with Crippen molar-refractivity contribution in [2.24, 2.45) is 0 Å². The molecule has 2 nitrogen and oxygen atoms in total. The van der Waals surface area contributed by atoms with E-state index >= 15 is 0 Å². The summed E-state index contributed by atoms with van der Waals surface area (Å²) in [7, 11) is 0. The summed E-state index contributed by atoms with van der Waals surface area (Å²) >= 11 is 3.44. The van der Waals surface area contributed by atoms with E-state index in [4.69, 9.17) is 4.74 Å². The summed E-state index contributed by atoms with van der Waals surface area (Å²) in [5, 5.41) is 0. The van der Waals surface area contributed by atoms with Crippen LogP contribution in [-0.4, -0.2) is 5.97 Å². The van der Waals surface area contributed by atoms with Crippen LogP contribution in [0.5, 0.6) is 5.75 Å². The number of halogens is 1. The summed E-state index contributed by atoms with van der Waals surface area (Å²) in [4.78, 5) is 10.8.